The van der Waals surface area contributed by atoms with Crippen molar-refractivity contribution in [2.45, 2.75) is 6.04 Å². The number of hydroxylamine groups is 1. The Kier molecular flexibility index (Phi) is 2.81. The van der Waals surface area contributed by atoms with E-state index in [1.165, 1.54) is 0 Å². The van der Waals surface area contributed by atoms with Crippen LogP contribution in [0.25, 0.3) is 10.8 Å². The van der Waals surface area contributed by atoms with Crippen LogP contribution in [-0.2, 0) is 0 Å². The van der Waals surface area contributed by atoms with E-state index in [9.17, 15) is 0 Å². The zero-order valence-electron chi connectivity index (χ0n) is 8.35. The van der Waals surface area contributed by atoms with E-state index < -0.39 is 0 Å². The molecule has 0 aliphatic heterocycles. The Balaban J connectivity index is 2.64. The van der Waals surface area contributed by atoms with Crippen LogP contribution in [0.15, 0.2) is 55.1 Å². The molecule has 1 unspecified atom stereocenters. The lowest BCUT2D eigenvalue weighted by atomic mass is 9.99. The van der Waals surface area contributed by atoms with Gasteiger partial charge in [-0.25, -0.2) is 0 Å². The number of rotatable bonds is 3. The molecule has 0 fully saturated rings. The molecule has 2 aromatic carbocycles. The van der Waals surface area contributed by atoms with Crippen molar-refractivity contribution in [1.82, 2.24) is 5.48 Å². The van der Waals surface area contributed by atoms with Gasteiger partial charge in [0.2, 0.25) is 0 Å². The topological polar surface area (TPSA) is 32.3 Å². The van der Waals surface area contributed by atoms with Gasteiger partial charge in [-0.05, 0) is 16.3 Å². The molecule has 0 spiro atoms. The Labute approximate surface area is 88.8 Å². The van der Waals surface area contributed by atoms with Gasteiger partial charge in [-0.15, -0.1) is 6.58 Å². The van der Waals surface area contributed by atoms with Crippen LogP contribution in [0.3, 0.4) is 0 Å². The highest BCUT2D eigenvalue weighted by molar-refractivity contribution is 5.86. The highest BCUT2D eigenvalue weighted by Crippen LogP contribution is 2.24. The number of fused-ring (bicyclic) bond motifs is 1. The number of hydrogen-bond donors (Lipinski definition) is 2. The molecule has 2 heteroatoms. The maximum absolute atomic E-state index is 9.02. The van der Waals surface area contributed by atoms with E-state index in [1.54, 1.807) is 6.08 Å². The van der Waals surface area contributed by atoms with Crippen LogP contribution in [0.5, 0.6) is 0 Å². The second-order valence-electron chi connectivity index (χ2n) is 3.41. The highest BCUT2D eigenvalue weighted by atomic mass is 16.5. The molecule has 0 radical (unpaired) electrons. The molecular weight excluding hydrogens is 186 g/mol. The first-order chi connectivity index (χ1) is 7.36. The monoisotopic (exact) mass is 199 g/mol. The summed E-state index contributed by atoms with van der Waals surface area (Å²) in [4.78, 5) is 0. The van der Waals surface area contributed by atoms with Gasteiger partial charge in [-0.1, -0.05) is 48.5 Å². The molecule has 76 valence electrons. The van der Waals surface area contributed by atoms with Gasteiger partial charge >= 0.3 is 0 Å². The zero-order valence-corrected chi connectivity index (χ0v) is 8.35. The van der Waals surface area contributed by atoms with Crippen molar-refractivity contribution < 1.29 is 5.21 Å². The molecule has 2 N–H and O–H groups in total. The van der Waals surface area contributed by atoms with Gasteiger partial charge in [0, 0.05) is 0 Å². The smallest absolute Gasteiger partial charge is 0.0753 e. The summed E-state index contributed by atoms with van der Waals surface area (Å²) < 4.78 is 0. The van der Waals surface area contributed by atoms with Crippen LogP contribution >= 0.6 is 0 Å². The van der Waals surface area contributed by atoms with Crippen molar-refractivity contribution in [1.29, 1.82) is 0 Å². The molecular formula is C13H13NO. The lowest BCUT2D eigenvalue weighted by Crippen LogP contribution is -2.14. The molecule has 0 heterocycles. The van der Waals surface area contributed by atoms with Gasteiger partial charge in [-0.2, -0.15) is 5.48 Å². The van der Waals surface area contributed by atoms with Crippen molar-refractivity contribution in [3.05, 3.63) is 60.7 Å². The maximum atomic E-state index is 9.02. The highest BCUT2D eigenvalue weighted by Gasteiger charge is 2.08. The summed E-state index contributed by atoms with van der Waals surface area (Å²) in [5, 5.41) is 11.3. The van der Waals surface area contributed by atoms with Crippen molar-refractivity contribution in [3.63, 3.8) is 0 Å². The third-order valence-electron chi connectivity index (χ3n) is 2.53. The van der Waals surface area contributed by atoms with Gasteiger partial charge in [-0.3, -0.25) is 0 Å². The van der Waals surface area contributed by atoms with Crippen LogP contribution in [0.2, 0.25) is 0 Å². The second-order valence-corrected chi connectivity index (χ2v) is 3.41. The van der Waals surface area contributed by atoms with Crippen LogP contribution in [0.1, 0.15) is 11.6 Å². The van der Waals surface area contributed by atoms with E-state index in [0.717, 1.165) is 16.3 Å². The Hall–Kier alpha value is -1.64. The summed E-state index contributed by atoms with van der Waals surface area (Å²) in [6.45, 7) is 3.69. The fraction of sp³-hybridized carbons (Fsp3) is 0.0769. The predicted molar refractivity (Wildman–Crippen MR) is 61.8 cm³/mol. The lowest BCUT2D eigenvalue weighted by Gasteiger charge is -2.13. The molecule has 0 saturated heterocycles. The standard InChI is InChI=1S/C13H13NO/c1-2-13(14-15)12-9-5-7-10-6-3-4-8-11(10)12/h2-9,13-15H,1H2. The first kappa shape index (κ1) is 9.90. The van der Waals surface area contributed by atoms with Crippen molar-refractivity contribution in [2.75, 3.05) is 0 Å². The summed E-state index contributed by atoms with van der Waals surface area (Å²) in [5.41, 5.74) is 3.28. The molecule has 0 saturated carbocycles. The minimum atomic E-state index is -0.226. The second kappa shape index (κ2) is 4.26. The van der Waals surface area contributed by atoms with Crippen LogP contribution in [0, 0.1) is 0 Å². The molecule has 0 aliphatic rings. The molecule has 2 nitrogen and oxygen atoms in total. The molecule has 0 aliphatic carbocycles. The predicted octanol–water partition coefficient (Wildman–Crippen LogP) is 3.05. The Morgan fingerprint density at radius 1 is 1.13 bits per heavy atom. The van der Waals surface area contributed by atoms with Crippen LogP contribution in [-0.4, -0.2) is 5.21 Å². The molecule has 0 bridgehead atoms. The first-order valence-corrected chi connectivity index (χ1v) is 4.86. The molecule has 2 aromatic rings. The minimum Gasteiger partial charge on any atom is -0.316 e. The van der Waals surface area contributed by atoms with E-state index in [0.29, 0.717) is 0 Å². The largest absolute Gasteiger partial charge is 0.316 e. The van der Waals surface area contributed by atoms with E-state index >= 15 is 0 Å². The Morgan fingerprint density at radius 2 is 1.87 bits per heavy atom. The lowest BCUT2D eigenvalue weighted by molar-refractivity contribution is 0.144. The van der Waals surface area contributed by atoms with Crippen molar-refractivity contribution >= 4 is 10.8 Å². The fourth-order valence-electron chi connectivity index (χ4n) is 1.77. The number of hydrogen-bond acceptors (Lipinski definition) is 2. The van der Waals surface area contributed by atoms with Gasteiger partial charge in [0.25, 0.3) is 0 Å². The van der Waals surface area contributed by atoms with E-state index in [-0.39, 0.29) is 6.04 Å². The molecule has 1 atom stereocenters. The van der Waals surface area contributed by atoms with E-state index in [1.807, 2.05) is 30.3 Å². The van der Waals surface area contributed by atoms with Crippen LogP contribution < -0.4 is 5.48 Å². The quantitative estimate of drug-likeness (QED) is 0.588. The Bertz CT molecular complexity index is 473. The summed E-state index contributed by atoms with van der Waals surface area (Å²) in [5.74, 6) is 0. The summed E-state index contributed by atoms with van der Waals surface area (Å²) >= 11 is 0. The zero-order chi connectivity index (χ0) is 10.7. The van der Waals surface area contributed by atoms with Gasteiger partial charge in [0.15, 0.2) is 0 Å². The third kappa shape index (κ3) is 1.77. The van der Waals surface area contributed by atoms with Crippen molar-refractivity contribution in [3.8, 4) is 0 Å². The summed E-state index contributed by atoms with van der Waals surface area (Å²) in [6.07, 6.45) is 1.68. The normalized spacial score (nSPS) is 12.6. The van der Waals surface area contributed by atoms with E-state index in [4.69, 9.17) is 5.21 Å². The van der Waals surface area contributed by atoms with Gasteiger partial charge in [0.1, 0.15) is 0 Å². The number of benzene rings is 2. The van der Waals surface area contributed by atoms with Crippen LogP contribution in [0.4, 0.5) is 0 Å². The summed E-state index contributed by atoms with van der Waals surface area (Å²) in [6, 6.07) is 13.9. The molecule has 0 amide bonds. The minimum absolute atomic E-state index is 0.226. The maximum Gasteiger partial charge on any atom is 0.0753 e. The Morgan fingerprint density at radius 3 is 2.60 bits per heavy atom. The average molecular weight is 199 g/mol. The average Bonchev–Trinajstić information content (AvgIpc) is 2.31. The first-order valence-electron chi connectivity index (χ1n) is 4.86. The molecule has 2 rings (SSSR count). The number of nitrogens with one attached hydrogen (secondary N) is 1. The van der Waals surface area contributed by atoms with Gasteiger partial charge < -0.3 is 5.21 Å². The third-order valence-corrected chi connectivity index (χ3v) is 2.53. The molecule has 0 aromatic heterocycles. The SMILES string of the molecule is C=CC(NO)c1cccc2ccccc12. The van der Waals surface area contributed by atoms with Crippen molar-refractivity contribution in [2.24, 2.45) is 0 Å². The van der Waals surface area contributed by atoms with E-state index in [2.05, 4.69) is 24.2 Å². The van der Waals surface area contributed by atoms with Gasteiger partial charge in [0.05, 0.1) is 6.04 Å². The fourth-order valence-corrected chi connectivity index (χ4v) is 1.77. The molecule has 15 heavy (non-hydrogen) atoms. The summed E-state index contributed by atoms with van der Waals surface area (Å²) in [7, 11) is 0.